The number of anilines is 2. The number of aromatic nitrogens is 1. The van der Waals surface area contributed by atoms with Gasteiger partial charge in [-0.15, -0.1) is 11.3 Å². The standard InChI is InChI=1S/C24H24FN3O2S2/c1-17-7-9-19(10-8-17)15-31-14-13-26-23(30)12-11-20-16-32-24(27-20)28(18(2)29)22-6-4-3-5-21(22)25/h3-12,16H,13-15H2,1-2H3,(H,26,30)/b12-11+. The van der Waals surface area contributed by atoms with Gasteiger partial charge in [-0.1, -0.05) is 42.0 Å². The highest BCUT2D eigenvalue weighted by Gasteiger charge is 2.20. The Morgan fingerprint density at radius 1 is 1.19 bits per heavy atom. The van der Waals surface area contributed by atoms with Crippen molar-refractivity contribution in [3.8, 4) is 0 Å². The molecule has 0 aliphatic carbocycles. The number of hydrogen-bond donors (Lipinski definition) is 1. The van der Waals surface area contributed by atoms with E-state index in [2.05, 4.69) is 41.5 Å². The number of nitrogens with zero attached hydrogens (tertiary/aromatic N) is 2. The van der Waals surface area contributed by atoms with E-state index in [0.29, 0.717) is 17.4 Å². The second-order valence-corrected chi connectivity index (χ2v) is 8.97. The first kappa shape index (κ1) is 23.7. The third-order valence-corrected chi connectivity index (χ3v) is 6.32. The molecule has 0 radical (unpaired) electrons. The fourth-order valence-corrected chi connectivity index (χ4v) is 4.50. The maximum absolute atomic E-state index is 14.1. The summed E-state index contributed by atoms with van der Waals surface area (Å²) in [5.74, 6) is 0.649. The maximum Gasteiger partial charge on any atom is 0.244 e. The highest BCUT2D eigenvalue weighted by molar-refractivity contribution is 7.98. The van der Waals surface area contributed by atoms with Crippen molar-refractivity contribution in [2.45, 2.75) is 19.6 Å². The summed E-state index contributed by atoms with van der Waals surface area (Å²) in [6.45, 7) is 3.98. The number of thioether (sulfide) groups is 1. The molecule has 1 heterocycles. The van der Waals surface area contributed by atoms with E-state index >= 15 is 0 Å². The van der Waals surface area contributed by atoms with E-state index in [1.807, 2.05) is 0 Å². The van der Waals surface area contributed by atoms with Gasteiger partial charge in [-0.3, -0.25) is 14.5 Å². The molecule has 0 aliphatic rings. The minimum absolute atomic E-state index is 0.144. The lowest BCUT2D eigenvalue weighted by atomic mass is 10.2. The van der Waals surface area contributed by atoms with Crippen molar-refractivity contribution in [3.63, 3.8) is 0 Å². The van der Waals surface area contributed by atoms with Gasteiger partial charge in [0.15, 0.2) is 5.13 Å². The number of aryl methyl sites for hydroxylation is 1. The van der Waals surface area contributed by atoms with Gasteiger partial charge in [-0.25, -0.2) is 9.37 Å². The average molecular weight is 470 g/mol. The van der Waals surface area contributed by atoms with Gasteiger partial charge < -0.3 is 5.32 Å². The number of halogens is 1. The van der Waals surface area contributed by atoms with Gasteiger partial charge in [0.05, 0.1) is 11.4 Å². The Balaban J connectivity index is 1.49. The summed E-state index contributed by atoms with van der Waals surface area (Å²) in [4.78, 5) is 29.7. The van der Waals surface area contributed by atoms with E-state index in [0.717, 1.165) is 11.5 Å². The molecule has 3 rings (SSSR count). The van der Waals surface area contributed by atoms with Gasteiger partial charge in [-0.2, -0.15) is 11.8 Å². The zero-order chi connectivity index (χ0) is 22.9. The van der Waals surface area contributed by atoms with Crippen molar-refractivity contribution < 1.29 is 14.0 Å². The first-order valence-corrected chi connectivity index (χ1v) is 12.1. The number of nitrogens with one attached hydrogen (secondary N) is 1. The molecule has 3 aromatic rings. The van der Waals surface area contributed by atoms with Gasteiger partial charge in [0.2, 0.25) is 11.8 Å². The Kier molecular flexibility index (Phi) is 8.58. The molecule has 0 bridgehead atoms. The number of amides is 2. The number of carbonyl (C=O) groups excluding carboxylic acids is 2. The third kappa shape index (κ3) is 6.77. The quantitative estimate of drug-likeness (QED) is 0.340. The monoisotopic (exact) mass is 469 g/mol. The van der Waals surface area contributed by atoms with Crippen molar-refractivity contribution in [1.29, 1.82) is 0 Å². The van der Waals surface area contributed by atoms with E-state index in [1.54, 1.807) is 35.4 Å². The third-order valence-electron chi connectivity index (χ3n) is 4.45. The average Bonchev–Trinajstić information content (AvgIpc) is 3.23. The number of thiazole rings is 1. The minimum atomic E-state index is -0.505. The normalized spacial score (nSPS) is 11.0. The predicted octanol–water partition coefficient (Wildman–Crippen LogP) is 5.34. The second-order valence-electron chi connectivity index (χ2n) is 7.02. The van der Waals surface area contributed by atoms with Gasteiger partial charge in [0.25, 0.3) is 0 Å². The summed E-state index contributed by atoms with van der Waals surface area (Å²) in [5.41, 5.74) is 3.18. The van der Waals surface area contributed by atoms with Crippen LogP contribution < -0.4 is 10.2 Å². The fraction of sp³-hybridized carbons (Fsp3) is 0.208. The number of para-hydroxylation sites is 1. The van der Waals surface area contributed by atoms with Gasteiger partial charge in [-0.05, 0) is 30.7 Å². The lowest BCUT2D eigenvalue weighted by molar-refractivity contribution is -0.117. The largest absolute Gasteiger partial charge is 0.352 e. The van der Waals surface area contributed by atoms with Crippen LogP contribution in [0, 0.1) is 12.7 Å². The van der Waals surface area contributed by atoms with E-state index < -0.39 is 5.82 Å². The Bertz CT molecular complexity index is 1100. The topological polar surface area (TPSA) is 62.3 Å². The predicted molar refractivity (Wildman–Crippen MR) is 131 cm³/mol. The molecular formula is C24H24FN3O2S2. The number of carbonyl (C=O) groups is 2. The highest BCUT2D eigenvalue weighted by atomic mass is 32.2. The molecule has 1 aromatic heterocycles. The Morgan fingerprint density at radius 2 is 1.94 bits per heavy atom. The Hall–Kier alpha value is -2.97. The summed E-state index contributed by atoms with van der Waals surface area (Å²) >= 11 is 2.96. The molecule has 2 amide bonds. The number of benzene rings is 2. The summed E-state index contributed by atoms with van der Waals surface area (Å²) in [6, 6.07) is 14.5. The van der Waals surface area contributed by atoms with Crippen molar-refractivity contribution in [2.75, 3.05) is 17.2 Å². The second kappa shape index (κ2) is 11.6. The SMILES string of the molecule is CC(=O)N(c1nc(/C=C/C(=O)NCCSCc2ccc(C)cc2)cs1)c1ccccc1F. The summed E-state index contributed by atoms with van der Waals surface area (Å²) in [7, 11) is 0. The first-order chi connectivity index (χ1) is 15.4. The molecule has 0 saturated carbocycles. The molecule has 2 aromatic carbocycles. The molecule has 5 nitrogen and oxygen atoms in total. The first-order valence-electron chi connectivity index (χ1n) is 10.0. The lowest BCUT2D eigenvalue weighted by Crippen LogP contribution is -2.23. The highest BCUT2D eigenvalue weighted by Crippen LogP contribution is 2.30. The van der Waals surface area contributed by atoms with Crippen LogP contribution in [0.3, 0.4) is 0 Å². The summed E-state index contributed by atoms with van der Waals surface area (Å²) < 4.78 is 14.1. The van der Waals surface area contributed by atoms with E-state index in [4.69, 9.17) is 0 Å². The van der Waals surface area contributed by atoms with E-state index in [9.17, 15) is 14.0 Å². The van der Waals surface area contributed by atoms with Crippen molar-refractivity contribution >= 4 is 51.8 Å². The minimum Gasteiger partial charge on any atom is -0.352 e. The van der Waals surface area contributed by atoms with Crippen LogP contribution in [0.2, 0.25) is 0 Å². The molecule has 0 fully saturated rings. The smallest absolute Gasteiger partial charge is 0.244 e. The van der Waals surface area contributed by atoms with Gasteiger partial charge in [0.1, 0.15) is 5.82 Å². The summed E-state index contributed by atoms with van der Waals surface area (Å²) in [5, 5.41) is 4.90. The van der Waals surface area contributed by atoms with Crippen LogP contribution in [0.25, 0.3) is 6.08 Å². The Labute approximate surface area is 195 Å². The number of rotatable bonds is 9. The molecule has 32 heavy (non-hydrogen) atoms. The molecule has 166 valence electrons. The number of hydrogen-bond acceptors (Lipinski definition) is 5. The van der Waals surface area contributed by atoms with Crippen molar-refractivity contribution in [1.82, 2.24) is 10.3 Å². The molecular weight excluding hydrogens is 445 g/mol. The maximum atomic E-state index is 14.1. The van der Waals surface area contributed by atoms with E-state index in [1.165, 1.54) is 52.5 Å². The molecule has 0 aliphatic heterocycles. The molecule has 0 atom stereocenters. The summed E-state index contributed by atoms with van der Waals surface area (Å²) in [6.07, 6.45) is 2.99. The van der Waals surface area contributed by atoms with Crippen molar-refractivity contribution in [3.05, 3.63) is 82.6 Å². The van der Waals surface area contributed by atoms with Crippen LogP contribution in [0.1, 0.15) is 23.7 Å². The van der Waals surface area contributed by atoms with Crippen LogP contribution >= 0.6 is 23.1 Å². The van der Waals surface area contributed by atoms with Crippen molar-refractivity contribution in [2.24, 2.45) is 0 Å². The molecule has 0 saturated heterocycles. The Morgan fingerprint density at radius 3 is 2.66 bits per heavy atom. The van der Waals surface area contributed by atoms with Crippen LogP contribution in [-0.2, 0) is 15.3 Å². The van der Waals surface area contributed by atoms with Gasteiger partial charge in [0, 0.05) is 36.4 Å². The van der Waals surface area contributed by atoms with E-state index in [-0.39, 0.29) is 17.5 Å². The fourth-order valence-electron chi connectivity index (χ4n) is 2.84. The van der Waals surface area contributed by atoms with Gasteiger partial charge >= 0.3 is 0 Å². The zero-order valence-corrected chi connectivity index (χ0v) is 19.5. The molecule has 1 N–H and O–H groups in total. The molecule has 0 unspecified atom stereocenters. The van der Waals surface area contributed by atoms with Crippen LogP contribution in [-0.4, -0.2) is 29.1 Å². The molecule has 8 heteroatoms. The van der Waals surface area contributed by atoms with Crippen LogP contribution in [0.5, 0.6) is 0 Å². The molecule has 0 spiro atoms. The van der Waals surface area contributed by atoms with Crippen LogP contribution in [0.4, 0.5) is 15.2 Å². The zero-order valence-electron chi connectivity index (χ0n) is 17.9. The van der Waals surface area contributed by atoms with Crippen LogP contribution in [0.15, 0.2) is 60.0 Å². The lowest BCUT2D eigenvalue weighted by Gasteiger charge is -2.18.